The zero-order valence-corrected chi connectivity index (χ0v) is 21.2. The van der Waals surface area contributed by atoms with Crippen LogP contribution < -0.4 is 15.0 Å². The van der Waals surface area contributed by atoms with Crippen molar-refractivity contribution in [2.45, 2.75) is 32.6 Å². The van der Waals surface area contributed by atoms with Gasteiger partial charge in [-0.1, -0.05) is 47.5 Å². The number of rotatable bonds is 11. The first-order valence-electron chi connectivity index (χ1n) is 11.4. The van der Waals surface area contributed by atoms with Crippen molar-refractivity contribution in [3.8, 4) is 5.75 Å². The maximum atomic E-state index is 13.4. The first kappa shape index (κ1) is 26.8. The van der Waals surface area contributed by atoms with Crippen LogP contribution in [0.15, 0.2) is 66.7 Å². The van der Waals surface area contributed by atoms with Crippen molar-refractivity contribution < 1.29 is 18.3 Å². The van der Waals surface area contributed by atoms with E-state index in [4.69, 9.17) is 27.9 Å². The molecule has 0 heterocycles. The molecule has 0 saturated carbocycles. The van der Waals surface area contributed by atoms with Gasteiger partial charge in [0.15, 0.2) is 6.61 Å². The second-order valence-corrected chi connectivity index (χ2v) is 9.01. The molecule has 35 heavy (non-hydrogen) atoms. The molecule has 0 aliphatic carbocycles. The van der Waals surface area contributed by atoms with E-state index in [1.807, 2.05) is 24.3 Å². The van der Waals surface area contributed by atoms with Crippen LogP contribution in [-0.2, 0) is 17.1 Å². The highest BCUT2D eigenvalue weighted by Gasteiger charge is 2.25. The van der Waals surface area contributed by atoms with E-state index in [2.05, 4.69) is 29.3 Å². The van der Waals surface area contributed by atoms with E-state index in [1.165, 1.54) is 17.8 Å². The molecular weight excluding hydrogens is 493 g/mol. The Morgan fingerprint density at radius 3 is 2.40 bits per heavy atom. The van der Waals surface area contributed by atoms with Crippen molar-refractivity contribution in [1.29, 1.82) is 0 Å². The van der Waals surface area contributed by atoms with Crippen molar-refractivity contribution >= 4 is 40.5 Å². The molecule has 0 radical (unpaired) electrons. The van der Waals surface area contributed by atoms with E-state index in [1.54, 1.807) is 12.1 Å². The fourth-order valence-electron chi connectivity index (χ4n) is 3.63. The Hall–Kier alpha value is -2.83. The maximum Gasteiger partial charge on any atom is 0.270 e. The summed E-state index contributed by atoms with van der Waals surface area (Å²) in [5.41, 5.74) is 2.52. The summed E-state index contributed by atoms with van der Waals surface area (Å²) in [7, 11) is 0. The number of para-hydroxylation sites is 1. The molecule has 0 aliphatic heterocycles. The quantitative estimate of drug-likeness (QED) is 0.283. The number of alkyl halides is 2. The molecule has 0 unspecified atom stereocenters. The topological polar surface area (TPSA) is 41.6 Å². The number of aryl methyl sites for hydroxylation is 1. The number of ether oxygens (including phenoxy) is 1. The van der Waals surface area contributed by atoms with Crippen molar-refractivity contribution in [2.75, 3.05) is 29.9 Å². The third kappa shape index (κ3) is 7.84. The molecule has 3 rings (SSSR count). The molecular formula is C27H28Cl2F2N2O2. The van der Waals surface area contributed by atoms with Gasteiger partial charge in [-0.05, 0) is 67.8 Å². The average molecular weight is 521 g/mol. The number of hydrogen-bond donors (Lipinski definition) is 1. The fraction of sp³-hybridized carbons (Fsp3) is 0.296. The molecule has 0 fully saturated rings. The Labute approximate surface area is 214 Å². The van der Waals surface area contributed by atoms with Gasteiger partial charge in [-0.15, -0.1) is 0 Å². The van der Waals surface area contributed by atoms with Gasteiger partial charge in [-0.3, -0.25) is 4.79 Å². The lowest BCUT2D eigenvalue weighted by Crippen LogP contribution is -2.24. The van der Waals surface area contributed by atoms with Gasteiger partial charge in [0, 0.05) is 42.0 Å². The predicted octanol–water partition coefficient (Wildman–Crippen LogP) is 7.58. The standard InChI is InChI=1S/C27H28Cl2F2N2O2/c1-3-33(22-9-5-4-6-10-22)15-7-8-19-11-13-21(17-23(19)28)32-26(34)18-35-25-14-12-20(16-24(25)29)27(2,30)31/h4-6,9-14,16-17H,3,7-8,15,18H2,1-2H3,(H,32,34). The van der Waals surface area contributed by atoms with E-state index in [0.29, 0.717) is 10.7 Å². The molecule has 1 N–H and O–H groups in total. The molecule has 3 aromatic carbocycles. The summed E-state index contributed by atoms with van der Waals surface area (Å²) in [6, 6.07) is 19.3. The summed E-state index contributed by atoms with van der Waals surface area (Å²) >= 11 is 12.5. The number of nitrogens with zero attached hydrogens (tertiary/aromatic N) is 1. The maximum absolute atomic E-state index is 13.4. The Morgan fingerprint density at radius 1 is 1.03 bits per heavy atom. The molecule has 3 aromatic rings. The molecule has 0 aliphatic rings. The Morgan fingerprint density at radius 2 is 1.77 bits per heavy atom. The van der Waals surface area contributed by atoms with E-state index < -0.39 is 11.8 Å². The minimum absolute atomic E-state index is 0.0122. The number of amides is 1. The minimum atomic E-state index is -3.01. The number of carbonyl (C=O) groups is 1. The fourth-order valence-corrected chi connectivity index (χ4v) is 4.14. The molecule has 0 spiro atoms. The molecule has 4 nitrogen and oxygen atoms in total. The van der Waals surface area contributed by atoms with Crippen LogP contribution in [0.25, 0.3) is 0 Å². The van der Waals surface area contributed by atoms with Gasteiger partial charge in [0.2, 0.25) is 0 Å². The summed E-state index contributed by atoms with van der Waals surface area (Å²) < 4.78 is 32.2. The van der Waals surface area contributed by atoms with Crippen molar-refractivity contribution in [3.63, 3.8) is 0 Å². The van der Waals surface area contributed by atoms with Crippen LogP contribution in [0.4, 0.5) is 20.2 Å². The molecule has 0 atom stereocenters. The summed E-state index contributed by atoms with van der Waals surface area (Å²) in [5.74, 6) is -3.28. The van der Waals surface area contributed by atoms with Crippen LogP contribution in [0.5, 0.6) is 5.75 Å². The zero-order chi connectivity index (χ0) is 25.4. The molecule has 0 saturated heterocycles. The SMILES string of the molecule is CCN(CCCc1ccc(NC(=O)COc2ccc(C(C)(F)F)cc2Cl)cc1Cl)c1ccccc1. The zero-order valence-electron chi connectivity index (χ0n) is 19.7. The van der Waals surface area contributed by atoms with Gasteiger partial charge in [-0.25, -0.2) is 8.78 Å². The lowest BCUT2D eigenvalue weighted by atomic mass is 10.1. The van der Waals surface area contributed by atoms with Crippen LogP contribution in [0.2, 0.25) is 10.0 Å². The number of halogens is 4. The number of nitrogens with one attached hydrogen (secondary N) is 1. The molecule has 0 aromatic heterocycles. The molecule has 186 valence electrons. The van der Waals surface area contributed by atoms with Crippen LogP contribution >= 0.6 is 23.2 Å². The number of benzene rings is 3. The summed E-state index contributed by atoms with van der Waals surface area (Å²) in [4.78, 5) is 14.6. The molecule has 8 heteroatoms. The predicted molar refractivity (Wildman–Crippen MR) is 139 cm³/mol. The van der Waals surface area contributed by atoms with Gasteiger partial charge in [0.25, 0.3) is 11.8 Å². The first-order valence-corrected chi connectivity index (χ1v) is 12.1. The third-order valence-electron chi connectivity index (χ3n) is 5.51. The normalized spacial score (nSPS) is 11.3. The van der Waals surface area contributed by atoms with Gasteiger partial charge in [-0.2, -0.15) is 0 Å². The van der Waals surface area contributed by atoms with Gasteiger partial charge in [0.05, 0.1) is 5.02 Å². The van der Waals surface area contributed by atoms with E-state index in [-0.39, 0.29) is 22.9 Å². The van der Waals surface area contributed by atoms with Gasteiger partial charge >= 0.3 is 0 Å². The number of hydrogen-bond acceptors (Lipinski definition) is 3. The lowest BCUT2D eigenvalue weighted by Gasteiger charge is -2.23. The van der Waals surface area contributed by atoms with Crippen molar-refractivity contribution in [1.82, 2.24) is 0 Å². The summed E-state index contributed by atoms with van der Waals surface area (Å²) in [5, 5.41) is 3.31. The lowest BCUT2D eigenvalue weighted by molar-refractivity contribution is -0.118. The first-order chi connectivity index (χ1) is 16.7. The van der Waals surface area contributed by atoms with Crippen molar-refractivity contribution in [3.05, 3.63) is 87.9 Å². The van der Waals surface area contributed by atoms with Gasteiger partial charge < -0.3 is 15.0 Å². The monoisotopic (exact) mass is 520 g/mol. The van der Waals surface area contributed by atoms with E-state index in [9.17, 15) is 13.6 Å². The Bertz CT molecular complexity index is 1140. The second kappa shape index (κ2) is 12.2. The Kier molecular flexibility index (Phi) is 9.35. The van der Waals surface area contributed by atoms with Crippen molar-refractivity contribution in [2.24, 2.45) is 0 Å². The number of carbonyl (C=O) groups excluding carboxylic acids is 1. The second-order valence-electron chi connectivity index (χ2n) is 8.20. The van der Waals surface area contributed by atoms with E-state index >= 15 is 0 Å². The highest BCUT2D eigenvalue weighted by Crippen LogP contribution is 2.33. The highest BCUT2D eigenvalue weighted by molar-refractivity contribution is 6.32. The van der Waals surface area contributed by atoms with Crippen LogP contribution in [0, 0.1) is 0 Å². The smallest absolute Gasteiger partial charge is 0.270 e. The average Bonchev–Trinajstić information content (AvgIpc) is 2.82. The van der Waals surface area contributed by atoms with Crippen LogP contribution in [-0.4, -0.2) is 25.6 Å². The number of anilines is 2. The minimum Gasteiger partial charge on any atom is -0.482 e. The molecule has 0 bridgehead atoms. The van der Waals surface area contributed by atoms with Crippen LogP contribution in [0.3, 0.4) is 0 Å². The van der Waals surface area contributed by atoms with Crippen LogP contribution in [0.1, 0.15) is 31.4 Å². The Balaban J connectivity index is 1.50. The summed E-state index contributed by atoms with van der Waals surface area (Å²) in [6.07, 6.45) is 1.75. The summed E-state index contributed by atoms with van der Waals surface area (Å²) in [6.45, 7) is 4.42. The largest absolute Gasteiger partial charge is 0.482 e. The third-order valence-corrected chi connectivity index (χ3v) is 6.16. The highest BCUT2D eigenvalue weighted by atomic mass is 35.5. The van der Waals surface area contributed by atoms with Gasteiger partial charge in [0.1, 0.15) is 5.75 Å². The molecule has 1 amide bonds. The van der Waals surface area contributed by atoms with E-state index in [0.717, 1.165) is 44.5 Å².